The average molecular weight is 929 g/mol. The molecule has 0 bridgehead atoms. The molecule has 5 amide bonds. The Hall–Kier alpha value is -7.44. The number of para-hydroxylation sites is 1. The third kappa shape index (κ3) is 10.7. The summed E-state index contributed by atoms with van der Waals surface area (Å²) < 4.78 is 33.3. The number of benzene rings is 3. The van der Waals surface area contributed by atoms with Crippen molar-refractivity contribution in [3.8, 4) is 22.8 Å². The van der Waals surface area contributed by atoms with E-state index < -0.39 is 24.7 Å². The minimum atomic E-state index is -0.905. The van der Waals surface area contributed by atoms with Gasteiger partial charge in [0.25, 0.3) is 17.7 Å². The van der Waals surface area contributed by atoms with Crippen LogP contribution >= 0.6 is 0 Å². The van der Waals surface area contributed by atoms with E-state index in [-0.39, 0.29) is 71.8 Å². The molecule has 3 aliphatic heterocycles. The number of methoxy groups -OCH3 is 1. The van der Waals surface area contributed by atoms with Crippen LogP contribution in [0.4, 0.5) is 27.5 Å². The van der Waals surface area contributed by atoms with Crippen LogP contribution < -0.4 is 30.3 Å². The second-order valence-corrected chi connectivity index (χ2v) is 16.8. The largest absolute Gasteiger partial charge is 0.493 e. The zero-order valence-corrected chi connectivity index (χ0v) is 38.4. The van der Waals surface area contributed by atoms with Crippen molar-refractivity contribution in [2.24, 2.45) is 14.1 Å². The summed E-state index contributed by atoms with van der Waals surface area (Å²) in [6, 6.07) is 20.5. The number of fused-ring (bicyclic) bond motifs is 2. The van der Waals surface area contributed by atoms with Gasteiger partial charge in [-0.1, -0.05) is 43.0 Å². The van der Waals surface area contributed by atoms with Crippen LogP contribution in [0.2, 0.25) is 0 Å². The highest BCUT2D eigenvalue weighted by Crippen LogP contribution is 2.42. The molecule has 3 atom stereocenters. The number of rotatable bonds is 16. The molecule has 68 heavy (non-hydrogen) atoms. The number of aromatic nitrogens is 3. The third-order valence-corrected chi connectivity index (χ3v) is 12.0. The van der Waals surface area contributed by atoms with Crippen molar-refractivity contribution in [1.29, 1.82) is 0 Å². The summed E-state index contributed by atoms with van der Waals surface area (Å²) in [5.41, 5.74) is 3.80. The predicted molar refractivity (Wildman–Crippen MR) is 254 cm³/mol. The maximum atomic E-state index is 14.3. The highest BCUT2D eigenvalue weighted by molar-refractivity contribution is 6.06. The molecule has 0 spiro atoms. The van der Waals surface area contributed by atoms with E-state index >= 15 is 0 Å². The first-order chi connectivity index (χ1) is 33.0. The zero-order chi connectivity index (χ0) is 47.7. The van der Waals surface area contributed by atoms with E-state index in [0.29, 0.717) is 60.9 Å². The summed E-state index contributed by atoms with van der Waals surface area (Å²) in [6.07, 6.45) is 7.84. The summed E-state index contributed by atoms with van der Waals surface area (Å²) >= 11 is 0. The smallest absolute Gasteiger partial charge is 0.416 e. The number of hydrogen-bond acceptors (Lipinski definition) is 11. The molecule has 356 valence electrons. The second kappa shape index (κ2) is 21.5. The number of aryl methyl sites for hydroxylation is 2. The number of amides is 5. The van der Waals surface area contributed by atoms with Crippen molar-refractivity contribution in [3.63, 3.8) is 0 Å². The third-order valence-electron chi connectivity index (χ3n) is 12.0. The van der Waals surface area contributed by atoms with Crippen molar-refractivity contribution < 1.29 is 47.7 Å². The van der Waals surface area contributed by atoms with Gasteiger partial charge in [0, 0.05) is 69.1 Å². The molecule has 0 radical (unpaired) electrons. The Balaban J connectivity index is 0.886. The van der Waals surface area contributed by atoms with Gasteiger partial charge in [-0.2, -0.15) is 0 Å². The number of imidazole rings is 1. The molecule has 0 saturated carbocycles. The average Bonchev–Trinajstić information content (AvgIpc) is 3.91. The molecular weight excluding hydrogens is 873 g/mol. The number of carbonyl (C=O) groups excluding carboxylic acids is 5. The maximum Gasteiger partial charge on any atom is 0.416 e. The highest BCUT2D eigenvalue weighted by Gasteiger charge is 2.47. The Morgan fingerprint density at radius 3 is 2.37 bits per heavy atom. The van der Waals surface area contributed by atoms with E-state index in [1.165, 1.54) is 18.1 Å². The molecular formula is C50H56N8O10. The Morgan fingerprint density at radius 2 is 1.62 bits per heavy atom. The fourth-order valence-corrected chi connectivity index (χ4v) is 8.63. The lowest BCUT2D eigenvalue weighted by Crippen LogP contribution is -2.57. The molecule has 2 aromatic heterocycles. The standard InChI is InChI=1S/C50H56N8O10/c1-5-24-67-50(63)58-39-29-42(41(64-4)28-36(39)48(62)57-23-11-9-16-38(57)49(58)68-44-18-10-12-25-66-44)65-26-13-17-43(59)51-35-27-40(55(2)30-35)46(60)52-34-21-19-32(20-22-34)37-31-56(3)45(54-37)47(61)53-33-14-7-6-8-15-33/h5-8,14-15,19-22,27-31,38,44,49H,1,9-13,16-18,23-26H2,2-4H3,(H,51,59)(H,52,60)(H,53,61)/t38-,44?,49?/m0/s1. The summed E-state index contributed by atoms with van der Waals surface area (Å²) in [6.45, 7) is 4.76. The van der Waals surface area contributed by atoms with Gasteiger partial charge in [-0.15, -0.1) is 0 Å². The maximum absolute atomic E-state index is 14.3. The molecule has 2 saturated heterocycles. The summed E-state index contributed by atoms with van der Waals surface area (Å²) in [5.74, 6) is -0.483. The SMILES string of the molecule is C=CCOC(=O)N1c2cc(OCCCC(=O)Nc3cc(C(=O)Nc4ccc(-c5cn(C)c(C(=O)Nc6ccccc6)n5)cc4)n(C)c3)c(OC)cc2C(=O)N2CCCC[C@H]2C1OC1CCCCO1. The quantitative estimate of drug-likeness (QED) is 0.0647. The van der Waals surface area contributed by atoms with Crippen molar-refractivity contribution in [2.45, 2.75) is 69.9 Å². The number of anilines is 4. The molecule has 3 aromatic carbocycles. The van der Waals surface area contributed by atoms with Gasteiger partial charge in [-0.25, -0.2) is 14.7 Å². The van der Waals surface area contributed by atoms with Gasteiger partial charge in [0.05, 0.1) is 42.4 Å². The second-order valence-electron chi connectivity index (χ2n) is 16.8. The molecule has 5 aromatic rings. The van der Waals surface area contributed by atoms with Gasteiger partial charge in [0.2, 0.25) is 5.91 Å². The van der Waals surface area contributed by atoms with Crippen LogP contribution in [0.5, 0.6) is 11.5 Å². The van der Waals surface area contributed by atoms with Crippen molar-refractivity contribution in [1.82, 2.24) is 19.0 Å². The van der Waals surface area contributed by atoms with Crippen LogP contribution in [-0.4, -0.2) is 101 Å². The summed E-state index contributed by atoms with van der Waals surface area (Å²) in [4.78, 5) is 75.4. The Kier molecular flexibility index (Phi) is 14.9. The first kappa shape index (κ1) is 47.1. The van der Waals surface area contributed by atoms with Gasteiger partial charge < -0.3 is 53.7 Å². The Morgan fingerprint density at radius 1 is 0.853 bits per heavy atom. The minimum absolute atomic E-state index is 0.0524. The van der Waals surface area contributed by atoms with E-state index in [1.54, 1.807) is 95.1 Å². The number of piperidine rings is 1. The molecule has 2 fully saturated rings. The zero-order valence-electron chi connectivity index (χ0n) is 38.4. The van der Waals surface area contributed by atoms with Crippen LogP contribution in [0.1, 0.15) is 82.8 Å². The normalized spacial score (nSPS) is 17.8. The first-order valence-electron chi connectivity index (χ1n) is 22.8. The van der Waals surface area contributed by atoms with Crippen LogP contribution in [0, 0.1) is 0 Å². The Labute approximate surface area is 394 Å². The van der Waals surface area contributed by atoms with E-state index in [2.05, 4.69) is 27.5 Å². The summed E-state index contributed by atoms with van der Waals surface area (Å²) in [7, 11) is 4.93. The van der Waals surface area contributed by atoms with Crippen LogP contribution in [-0.2, 0) is 33.1 Å². The molecule has 2 unspecified atom stereocenters. The van der Waals surface area contributed by atoms with E-state index in [1.807, 2.05) is 18.2 Å². The molecule has 3 N–H and O–H groups in total. The lowest BCUT2D eigenvalue weighted by atomic mass is 10.00. The lowest BCUT2D eigenvalue weighted by Gasteiger charge is -2.42. The molecule has 5 heterocycles. The number of nitrogens with one attached hydrogen (secondary N) is 3. The van der Waals surface area contributed by atoms with E-state index in [4.69, 9.17) is 23.7 Å². The van der Waals surface area contributed by atoms with Gasteiger partial charge >= 0.3 is 6.09 Å². The molecule has 18 nitrogen and oxygen atoms in total. The fraction of sp³-hybridized carbons (Fsp3) is 0.360. The van der Waals surface area contributed by atoms with E-state index in [9.17, 15) is 24.0 Å². The van der Waals surface area contributed by atoms with Crippen molar-refractivity contribution in [2.75, 3.05) is 54.3 Å². The number of ether oxygens (including phenoxy) is 5. The van der Waals surface area contributed by atoms with Crippen molar-refractivity contribution in [3.05, 3.63) is 115 Å². The lowest BCUT2D eigenvalue weighted by molar-refractivity contribution is -0.198. The minimum Gasteiger partial charge on any atom is -0.493 e. The van der Waals surface area contributed by atoms with Gasteiger partial charge in [-0.3, -0.25) is 19.2 Å². The van der Waals surface area contributed by atoms with E-state index in [0.717, 1.165) is 31.2 Å². The Bertz CT molecular complexity index is 2640. The van der Waals surface area contributed by atoms with Gasteiger partial charge in [0.1, 0.15) is 12.3 Å². The number of carbonyl (C=O) groups is 5. The first-order valence-corrected chi connectivity index (χ1v) is 22.8. The predicted octanol–water partition coefficient (Wildman–Crippen LogP) is 7.74. The summed E-state index contributed by atoms with van der Waals surface area (Å²) in [5, 5.41) is 8.60. The topological polar surface area (TPSA) is 197 Å². The van der Waals surface area contributed by atoms with Crippen LogP contribution in [0.25, 0.3) is 11.3 Å². The molecule has 0 aliphatic carbocycles. The van der Waals surface area contributed by atoms with Crippen LogP contribution in [0.3, 0.4) is 0 Å². The monoisotopic (exact) mass is 928 g/mol. The fourth-order valence-electron chi connectivity index (χ4n) is 8.63. The van der Waals surface area contributed by atoms with Gasteiger partial charge in [-0.05, 0) is 81.3 Å². The highest BCUT2D eigenvalue weighted by atomic mass is 16.7. The number of hydrogen-bond donors (Lipinski definition) is 3. The van der Waals surface area contributed by atoms with Gasteiger partial charge in [0.15, 0.2) is 29.8 Å². The molecule has 3 aliphatic rings. The molecule has 18 heteroatoms. The number of nitrogens with zero attached hydrogens (tertiary/aromatic N) is 5. The molecule has 8 rings (SSSR count). The van der Waals surface area contributed by atoms with Crippen molar-refractivity contribution >= 4 is 52.5 Å². The van der Waals surface area contributed by atoms with Crippen LogP contribution in [0.15, 0.2) is 97.8 Å².